The van der Waals surface area contributed by atoms with E-state index in [0.717, 1.165) is 24.7 Å². The van der Waals surface area contributed by atoms with Gasteiger partial charge in [0.2, 0.25) is 0 Å². The molecular weight excluding hydrogens is 206 g/mol. The quantitative estimate of drug-likeness (QED) is 0.578. The van der Waals surface area contributed by atoms with Gasteiger partial charge in [0.1, 0.15) is 0 Å². The van der Waals surface area contributed by atoms with Gasteiger partial charge in [-0.3, -0.25) is 4.79 Å². The third kappa shape index (κ3) is 1.75. The van der Waals surface area contributed by atoms with E-state index in [2.05, 4.69) is 0 Å². The van der Waals surface area contributed by atoms with Gasteiger partial charge in [0.15, 0.2) is 6.29 Å². The monoisotopic (exact) mass is 221 g/mol. The van der Waals surface area contributed by atoms with Gasteiger partial charge >= 0.3 is 5.97 Å². The van der Waals surface area contributed by atoms with E-state index >= 15 is 0 Å². The molecule has 0 saturated heterocycles. The lowest BCUT2D eigenvalue weighted by Gasteiger charge is -2.04. The lowest BCUT2D eigenvalue weighted by atomic mass is 10.2. The van der Waals surface area contributed by atoms with Crippen LogP contribution in [0.25, 0.3) is 0 Å². The number of rotatable bonds is 4. The van der Waals surface area contributed by atoms with E-state index in [4.69, 9.17) is 4.74 Å². The van der Waals surface area contributed by atoms with Crippen molar-refractivity contribution in [2.45, 2.75) is 32.7 Å². The summed E-state index contributed by atoms with van der Waals surface area (Å²) in [6.45, 7) is 3.91. The lowest BCUT2D eigenvalue weighted by molar-refractivity contribution is 0.0523. The van der Waals surface area contributed by atoms with Crippen LogP contribution in [-0.2, 0) is 4.74 Å². The van der Waals surface area contributed by atoms with Crippen LogP contribution in [0.2, 0.25) is 0 Å². The number of nitrogens with zero attached hydrogens (tertiary/aromatic N) is 1. The summed E-state index contributed by atoms with van der Waals surface area (Å²) in [6, 6.07) is 0.391. The second-order valence-electron chi connectivity index (χ2n) is 4.05. The molecule has 0 unspecified atom stereocenters. The molecule has 1 aliphatic rings. The Labute approximate surface area is 94.2 Å². The molecule has 2 rings (SSSR count). The molecule has 1 aromatic rings. The fraction of sp³-hybridized carbons (Fsp3) is 0.500. The number of hydrogen-bond donors (Lipinski definition) is 0. The Balaban J connectivity index is 2.42. The first-order valence-electron chi connectivity index (χ1n) is 5.52. The summed E-state index contributed by atoms with van der Waals surface area (Å²) in [5.41, 5.74) is 1.69. The SMILES string of the molecule is CCOC(=O)c1c(C)cn(C2CC2)c1C=O. The number of aryl methyl sites for hydroxylation is 1. The number of ether oxygens (including phenoxy) is 1. The maximum atomic E-state index is 11.7. The van der Waals surface area contributed by atoms with Crippen molar-refractivity contribution in [3.8, 4) is 0 Å². The maximum absolute atomic E-state index is 11.7. The molecule has 1 aromatic heterocycles. The predicted molar refractivity (Wildman–Crippen MR) is 58.8 cm³/mol. The minimum atomic E-state index is -0.401. The molecule has 16 heavy (non-hydrogen) atoms. The van der Waals surface area contributed by atoms with E-state index in [1.165, 1.54) is 0 Å². The van der Waals surface area contributed by atoms with Crippen LogP contribution in [0.1, 0.15) is 52.2 Å². The van der Waals surface area contributed by atoms with Crippen LogP contribution >= 0.6 is 0 Å². The third-order valence-electron chi connectivity index (χ3n) is 2.79. The Bertz CT molecular complexity index is 430. The van der Waals surface area contributed by atoms with Gasteiger partial charge in [0, 0.05) is 12.2 Å². The van der Waals surface area contributed by atoms with Crippen LogP contribution in [0.5, 0.6) is 0 Å². The van der Waals surface area contributed by atoms with Gasteiger partial charge in [0.05, 0.1) is 17.9 Å². The standard InChI is InChI=1S/C12H15NO3/c1-3-16-12(15)11-8(2)6-13(9-4-5-9)10(11)7-14/h6-7,9H,3-5H2,1-2H3. The van der Waals surface area contributed by atoms with Crippen LogP contribution < -0.4 is 0 Å². The van der Waals surface area contributed by atoms with Crippen LogP contribution in [0, 0.1) is 6.92 Å². The molecular formula is C12H15NO3. The summed E-state index contributed by atoms with van der Waals surface area (Å²) in [5, 5.41) is 0. The van der Waals surface area contributed by atoms with Crippen LogP contribution in [-0.4, -0.2) is 23.4 Å². The normalized spacial score (nSPS) is 14.9. The minimum Gasteiger partial charge on any atom is -0.462 e. The molecule has 1 aliphatic carbocycles. The van der Waals surface area contributed by atoms with E-state index < -0.39 is 5.97 Å². The van der Waals surface area contributed by atoms with E-state index in [0.29, 0.717) is 23.9 Å². The molecule has 4 nitrogen and oxygen atoms in total. The van der Waals surface area contributed by atoms with Gasteiger partial charge in [-0.05, 0) is 32.3 Å². The van der Waals surface area contributed by atoms with Gasteiger partial charge in [-0.2, -0.15) is 0 Å². The number of hydrogen-bond acceptors (Lipinski definition) is 3. The number of aldehydes is 1. The van der Waals surface area contributed by atoms with Crippen molar-refractivity contribution in [3.05, 3.63) is 23.0 Å². The molecule has 86 valence electrons. The Hall–Kier alpha value is -1.58. The van der Waals surface area contributed by atoms with Gasteiger partial charge in [-0.25, -0.2) is 4.79 Å². The van der Waals surface area contributed by atoms with Crippen molar-refractivity contribution < 1.29 is 14.3 Å². The highest BCUT2D eigenvalue weighted by Gasteiger charge is 2.29. The van der Waals surface area contributed by atoms with Crippen molar-refractivity contribution in [1.29, 1.82) is 0 Å². The highest BCUT2D eigenvalue weighted by molar-refractivity contribution is 5.99. The predicted octanol–water partition coefficient (Wildman–Crippen LogP) is 2.12. The Morgan fingerprint density at radius 3 is 2.81 bits per heavy atom. The molecule has 0 radical (unpaired) electrons. The molecule has 0 bridgehead atoms. The van der Waals surface area contributed by atoms with Crippen LogP contribution in [0.3, 0.4) is 0 Å². The second kappa shape index (κ2) is 4.12. The van der Waals surface area contributed by atoms with Crippen molar-refractivity contribution in [2.75, 3.05) is 6.61 Å². The molecule has 0 atom stereocenters. The van der Waals surface area contributed by atoms with E-state index in [9.17, 15) is 9.59 Å². The summed E-state index contributed by atoms with van der Waals surface area (Å²) in [5.74, 6) is -0.401. The summed E-state index contributed by atoms with van der Waals surface area (Å²) >= 11 is 0. The average Bonchev–Trinajstić information content (AvgIpc) is 3.02. The molecule has 1 saturated carbocycles. The summed E-state index contributed by atoms with van der Waals surface area (Å²) in [4.78, 5) is 22.8. The van der Waals surface area contributed by atoms with Gasteiger partial charge < -0.3 is 9.30 Å². The number of esters is 1. The summed E-state index contributed by atoms with van der Waals surface area (Å²) < 4.78 is 6.85. The number of carbonyl (C=O) groups excluding carboxylic acids is 2. The number of aromatic nitrogens is 1. The Kier molecular flexibility index (Phi) is 2.81. The fourth-order valence-electron chi connectivity index (χ4n) is 1.92. The zero-order valence-corrected chi connectivity index (χ0v) is 9.53. The number of carbonyl (C=O) groups is 2. The van der Waals surface area contributed by atoms with Crippen molar-refractivity contribution in [2.24, 2.45) is 0 Å². The Morgan fingerprint density at radius 1 is 1.62 bits per heavy atom. The Morgan fingerprint density at radius 2 is 2.31 bits per heavy atom. The molecule has 4 heteroatoms. The van der Waals surface area contributed by atoms with Gasteiger partial charge in [-0.15, -0.1) is 0 Å². The topological polar surface area (TPSA) is 48.3 Å². The van der Waals surface area contributed by atoms with Crippen LogP contribution in [0.4, 0.5) is 0 Å². The van der Waals surface area contributed by atoms with E-state index in [-0.39, 0.29) is 0 Å². The van der Waals surface area contributed by atoms with E-state index in [1.54, 1.807) is 6.92 Å². The smallest absolute Gasteiger partial charge is 0.340 e. The molecule has 1 fully saturated rings. The lowest BCUT2D eigenvalue weighted by Crippen LogP contribution is -2.09. The zero-order chi connectivity index (χ0) is 11.7. The largest absolute Gasteiger partial charge is 0.462 e. The molecule has 0 aliphatic heterocycles. The summed E-state index contributed by atoms with van der Waals surface area (Å²) in [7, 11) is 0. The molecule has 0 N–H and O–H groups in total. The van der Waals surface area contributed by atoms with Crippen molar-refractivity contribution in [1.82, 2.24) is 4.57 Å². The fourth-order valence-corrected chi connectivity index (χ4v) is 1.92. The molecule has 1 heterocycles. The van der Waals surface area contributed by atoms with Crippen molar-refractivity contribution >= 4 is 12.3 Å². The van der Waals surface area contributed by atoms with Crippen molar-refractivity contribution in [3.63, 3.8) is 0 Å². The first-order valence-corrected chi connectivity index (χ1v) is 5.52. The molecule has 0 aromatic carbocycles. The first kappa shape index (κ1) is 10.9. The highest BCUT2D eigenvalue weighted by Crippen LogP contribution is 2.37. The molecule has 0 amide bonds. The minimum absolute atomic E-state index is 0.325. The van der Waals surface area contributed by atoms with Gasteiger partial charge in [-0.1, -0.05) is 0 Å². The zero-order valence-electron chi connectivity index (χ0n) is 9.53. The van der Waals surface area contributed by atoms with Gasteiger partial charge in [0.25, 0.3) is 0 Å². The summed E-state index contributed by atoms with van der Waals surface area (Å²) in [6.07, 6.45) is 4.78. The maximum Gasteiger partial charge on any atom is 0.340 e. The van der Waals surface area contributed by atoms with Crippen LogP contribution in [0.15, 0.2) is 6.20 Å². The second-order valence-corrected chi connectivity index (χ2v) is 4.05. The van der Waals surface area contributed by atoms with E-state index in [1.807, 2.05) is 17.7 Å². The third-order valence-corrected chi connectivity index (χ3v) is 2.79. The highest BCUT2D eigenvalue weighted by atomic mass is 16.5. The molecule has 0 spiro atoms. The first-order chi connectivity index (χ1) is 7.69. The average molecular weight is 221 g/mol.